The van der Waals surface area contributed by atoms with Gasteiger partial charge in [-0.05, 0) is 38.3 Å². The lowest BCUT2D eigenvalue weighted by molar-refractivity contribution is 0.0643. The molecule has 7 heteroatoms. The molecule has 0 radical (unpaired) electrons. The second-order valence-electron chi connectivity index (χ2n) is 5.92. The van der Waals surface area contributed by atoms with Gasteiger partial charge < -0.3 is 5.32 Å². The van der Waals surface area contributed by atoms with Crippen LogP contribution < -0.4 is 5.32 Å². The van der Waals surface area contributed by atoms with Crippen LogP contribution in [-0.4, -0.2) is 51.5 Å². The van der Waals surface area contributed by atoms with Crippen LogP contribution in [0.15, 0.2) is 12.4 Å². The van der Waals surface area contributed by atoms with Crippen molar-refractivity contribution in [3.63, 3.8) is 0 Å². The van der Waals surface area contributed by atoms with Crippen molar-refractivity contribution in [2.24, 2.45) is 5.92 Å². The Morgan fingerprint density at radius 1 is 1.18 bits per heavy atom. The Bertz CT molecular complexity index is 747. The van der Waals surface area contributed by atoms with Gasteiger partial charge in [0, 0.05) is 12.7 Å². The fraction of sp³-hybridized carbons (Fsp3) is 0.467. The molecule has 2 aromatic rings. The van der Waals surface area contributed by atoms with Crippen LogP contribution in [0.1, 0.15) is 40.0 Å². The van der Waals surface area contributed by atoms with E-state index in [1.165, 1.54) is 11.1 Å². The predicted octanol–water partition coefficient (Wildman–Crippen LogP) is 0.944. The van der Waals surface area contributed by atoms with Crippen LogP contribution in [0, 0.1) is 5.92 Å². The maximum atomic E-state index is 12.6. The van der Waals surface area contributed by atoms with E-state index in [9.17, 15) is 9.59 Å². The van der Waals surface area contributed by atoms with Crippen LogP contribution in [0.3, 0.4) is 0 Å². The van der Waals surface area contributed by atoms with Crippen LogP contribution in [0.4, 0.5) is 0 Å². The first kappa shape index (κ1) is 13.4. The number of carbonyl (C=O) groups is 2. The number of nitrogens with one attached hydrogen (secondary N) is 2. The van der Waals surface area contributed by atoms with Crippen molar-refractivity contribution in [3.8, 4) is 0 Å². The number of piperidine rings is 1. The van der Waals surface area contributed by atoms with Gasteiger partial charge in [-0.15, -0.1) is 0 Å². The highest BCUT2D eigenvalue weighted by Crippen LogP contribution is 2.29. The van der Waals surface area contributed by atoms with Crippen molar-refractivity contribution in [1.82, 2.24) is 25.4 Å². The Kier molecular flexibility index (Phi) is 3.15. The number of amides is 2. The van der Waals surface area contributed by atoms with Crippen LogP contribution in [0.2, 0.25) is 0 Å². The van der Waals surface area contributed by atoms with E-state index in [1.807, 2.05) is 0 Å². The molecule has 2 N–H and O–H groups in total. The molecule has 0 aromatic carbocycles. The highest BCUT2D eigenvalue weighted by atomic mass is 16.2. The van der Waals surface area contributed by atoms with E-state index in [4.69, 9.17) is 0 Å². The summed E-state index contributed by atoms with van der Waals surface area (Å²) >= 11 is 0. The summed E-state index contributed by atoms with van der Waals surface area (Å²) in [5, 5.41) is 10.6. The first-order valence-corrected chi connectivity index (χ1v) is 7.64. The standard InChI is InChI=1S/C15H17N5O2/c21-14-11-7-17-13-10(8-18-19-13)12(11)15(22)20(14)6-3-9-1-4-16-5-2-9/h7-9,16H,1-6H2,(H,17,18,19). The van der Waals surface area contributed by atoms with Crippen molar-refractivity contribution in [2.45, 2.75) is 19.3 Å². The van der Waals surface area contributed by atoms with Crippen LogP contribution in [-0.2, 0) is 0 Å². The third kappa shape index (κ3) is 2.00. The summed E-state index contributed by atoms with van der Waals surface area (Å²) in [6.45, 7) is 2.52. The molecule has 0 aliphatic carbocycles. The number of hydrogen-bond donors (Lipinski definition) is 2. The van der Waals surface area contributed by atoms with E-state index in [1.54, 1.807) is 6.20 Å². The number of hydrogen-bond acceptors (Lipinski definition) is 5. The number of nitrogens with zero attached hydrogens (tertiary/aromatic N) is 3. The third-order valence-electron chi connectivity index (χ3n) is 4.63. The molecule has 1 saturated heterocycles. The Labute approximate surface area is 127 Å². The van der Waals surface area contributed by atoms with Gasteiger partial charge in [-0.2, -0.15) is 5.10 Å². The normalized spacial score (nSPS) is 19.2. The first-order chi connectivity index (χ1) is 10.8. The second kappa shape index (κ2) is 5.17. The molecule has 4 rings (SSSR count). The monoisotopic (exact) mass is 299 g/mol. The lowest BCUT2D eigenvalue weighted by Crippen LogP contribution is -2.34. The summed E-state index contributed by atoms with van der Waals surface area (Å²) in [6.07, 6.45) is 6.12. The number of aromatic amines is 1. The average Bonchev–Trinajstić information content (AvgIpc) is 3.11. The summed E-state index contributed by atoms with van der Waals surface area (Å²) in [5.41, 5.74) is 1.37. The SMILES string of the molecule is O=C1c2cnc3[nH]ncc3c2C(=O)N1CCC1CCNCC1. The van der Waals surface area contributed by atoms with Gasteiger partial charge >= 0.3 is 0 Å². The summed E-state index contributed by atoms with van der Waals surface area (Å²) in [4.78, 5) is 30.6. The van der Waals surface area contributed by atoms with Crippen LogP contribution >= 0.6 is 0 Å². The fourth-order valence-corrected chi connectivity index (χ4v) is 3.35. The van der Waals surface area contributed by atoms with E-state index in [0.29, 0.717) is 34.6 Å². The summed E-state index contributed by atoms with van der Waals surface area (Å²) in [7, 11) is 0. The van der Waals surface area contributed by atoms with Gasteiger partial charge in [-0.3, -0.25) is 19.6 Å². The Morgan fingerprint density at radius 2 is 2.00 bits per heavy atom. The molecule has 2 aliphatic heterocycles. The van der Waals surface area contributed by atoms with Gasteiger partial charge in [0.05, 0.1) is 22.7 Å². The van der Waals surface area contributed by atoms with Gasteiger partial charge in [-0.25, -0.2) is 4.98 Å². The Morgan fingerprint density at radius 3 is 2.82 bits per heavy atom. The zero-order chi connectivity index (χ0) is 15.1. The number of fused-ring (bicyclic) bond motifs is 3. The van der Waals surface area contributed by atoms with Crippen LogP contribution in [0.5, 0.6) is 0 Å². The highest BCUT2D eigenvalue weighted by molar-refractivity contribution is 6.25. The number of pyridine rings is 1. The van der Waals surface area contributed by atoms with Crippen molar-refractivity contribution < 1.29 is 9.59 Å². The Balaban J connectivity index is 1.57. The minimum absolute atomic E-state index is 0.220. The molecule has 1 fully saturated rings. The molecule has 0 saturated carbocycles. The lowest BCUT2D eigenvalue weighted by Gasteiger charge is -2.24. The molecule has 4 heterocycles. The van der Waals surface area contributed by atoms with E-state index < -0.39 is 0 Å². The van der Waals surface area contributed by atoms with Crippen molar-refractivity contribution in [2.75, 3.05) is 19.6 Å². The summed E-state index contributed by atoms with van der Waals surface area (Å²) in [5.74, 6) is 0.130. The quantitative estimate of drug-likeness (QED) is 0.823. The number of aromatic nitrogens is 3. The van der Waals surface area contributed by atoms with E-state index >= 15 is 0 Å². The van der Waals surface area contributed by atoms with Gasteiger partial charge in [0.25, 0.3) is 11.8 Å². The van der Waals surface area contributed by atoms with Gasteiger partial charge in [-0.1, -0.05) is 0 Å². The van der Waals surface area contributed by atoms with E-state index in [2.05, 4.69) is 20.5 Å². The fourth-order valence-electron chi connectivity index (χ4n) is 3.35. The topological polar surface area (TPSA) is 91.0 Å². The van der Waals surface area contributed by atoms with Crippen LogP contribution in [0.25, 0.3) is 11.0 Å². The molecule has 0 bridgehead atoms. The molecule has 114 valence electrons. The highest BCUT2D eigenvalue weighted by Gasteiger charge is 2.37. The van der Waals surface area contributed by atoms with E-state index in [-0.39, 0.29) is 11.8 Å². The zero-order valence-electron chi connectivity index (χ0n) is 12.1. The van der Waals surface area contributed by atoms with Gasteiger partial charge in [0.1, 0.15) is 0 Å². The molecule has 0 unspecified atom stereocenters. The second-order valence-corrected chi connectivity index (χ2v) is 5.92. The molecule has 2 aliphatic rings. The smallest absolute Gasteiger partial charge is 0.263 e. The van der Waals surface area contributed by atoms with Gasteiger partial charge in [0.2, 0.25) is 0 Å². The number of imide groups is 1. The third-order valence-corrected chi connectivity index (χ3v) is 4.63. The average molecular weight is 299 g/mol. The predicted molar refractivity (Wildman–Crippen MR) is 79.5 cm³/mol. The van der Waals surface area contributed by atoms with Crippen molar-refractivity contribution in [1.29, 1.82) is 0 Å². The maximum Gasteiger partial charge on any atom is 0.263 e. The van der Waals surface area contributed by atoms with Crippen molar-refractivity contribution in [3.05, 3.63) is 23.5 Å². The molecular formula is C15H17N5O2. The molecule has 22 heavy (non-hydrogen) atoms. The first-order valence-electron chi connectivity index (χ1n) is 7.64. The summed E-state index contributed by atoms with van der Waals surface area (Å²) < 4.78 is 0. The van der Waals surface area contributed by atoms with Crippen molar-refractivity contribution >= 4 is 22.8 Å². The summed E-state index contributed by atoms with van der Waals surface area (Å²) in [6, 6.07) is 0. The molecule has 7 nitrogen and oxygen atoms in total. The molecule has 2 aromatic heterocycles. The minimum Gasteiger partial charge on any atom is -0.317 e. The number of H-pyrrole nitrogens is 1. The van der Waals surface area contributed by atoms with Gasteiger partial charge in [0.15, 0.2) is 5.65 Å². The molecule has 0 atom stereocenters. The lowest BCUT2D eigenvalue weighted by atomic mass is 9.94. The molecular weight excluding hydrogens is 282 g/mol. The largest absolute Gasteiger partial charge is 0.317 e. The number of rotatable bonds is 3. The molecule has 2 amide bonds. The zero-order valence-corrected chi connectivity index (χ0v) is 12.1. The Hall–Kier alpha value is -2.28. The maximum absolute atomic E-state index is 12.6. The minimum atomic E-state index is -0.232. The number of carbonyl (C=O) groups excluding carboxylic acids is 2. The molecule has 0 spiro atoms. The van der Waals surface area contributed by atoms with E-state index in [0.717, 1.165) is 32.4 Å².